The summed E-state index contributed by atoms with van der Waals surface area (Å²) in [7, 11) is 4.37. The van der Waals surface area contributed by atoms with Crippen molar-refractivity contribution < 1.29 is 15.0 Å². The summed E-state index contributed by atoms with van der Waals surface area (Å²) in [6.45, 7) is 1.67. The third-order valence-corrected chi connectivity index (χ3v) is 2.64. The Balaban J connectivity index is 0.00000256. The zero-order chi connectivity index (χ0) is 12.7. The normalized spacial score (nSPS) is 10.8. The number of amides is 1. The average molecular weight is 264 g/mol. The van der Waals surface area contributed by atoms with Crippen LogP contribution in [0.5, 0.6) is 5.75 Å². The molecular weight excluding hydrogens is 248 g/mol. The summed E-state index contributed by atoms with van der Waals surface area (Å²) in [4.78, 5) is 22.5. The lowest BCUT2D eigenvalue weighted by molar-refractivity contribution is 0.162. The summed E-state index contributed by atoms with van der Waals surface area (Å²) in [5, 5.41) is 18.7. The van der Waals surface area contributed by atoms with Crippen LogP contribution in [0.3, 0.4) is 0 Å². The van der Waals surface area contributed by atoms with Crippen molar-refractivity contribution in [1.29, 1.82) is 0 Å². The van der Waals surface area contributed by atoms with E-state index in [4.69, 9.17) is 5.11 Å². The van der Waals surface area contributed by atoms with Gasteiger partial charge in [0.2, 0.25) is 11.2 Å². The SMILES string of the molecule is Cc1cc(=O)c(O)c([N+](C)(C)C(=O)O)n1C.Cl. The molecule has 0 saturated heterocycles. The molecule has 1 rings (SSSR count). The minimum Gasteiger partial charge on any atom is -0.499 e. The van der Waals surface area contributed by atoms with Crippen LogP contribution in [0.2, 0.25) is 0 Å². The minimum absolute atomic E-state index is 0. The molecule has 0 atom stereocenters. The number of carboxylic acid groups (broad SMARTS) is 1. The molecule has 0 radical (unpaired) electrons. The number of hydrogen-bond acceptors (Lipinski definition) is 3. The summed E-state index contributed by atoms with van der Waals surface area (Å²) in [6.07, 6.45) is -1.16. The highest BCUT2D eigenvalue weighted by atomic mass is 35.5. The van der Waals surface area contributed by atoms with Gasteiger partial charge in [-0.3, -0.25) is 4.79 Å². The molecule has 1 aromatic rings. The standard InChI is InChI=1S/C10H14N2O4.ClH/c1-6-5-7(13)8(14)9(11(6)2)12(3,4)10(15)16;/h5H,1-4H3,(H-,14,15,16);1H/p+1. The lowest BCUT2D eigenvalue weighted by Gasteiger charge is -2.25. The molecule has 0 spiro atoms. The van der Waals surface area contributed by atoms with E-state index in [0.717, 1.165) is 0 Å². The van der Waals surface area contributed by atoms with Crippen molar-refractivity contribution >= 4 is 24.3 Å². The van der Waals surface area contributed by atoms with E-state index >= 15 is 0 Å². The van der Waals surface area contributed by atoms with Gasteiger partial charge in [0, 0.05) is 18.8 Å². The molecule has 0 aliphatic rings. The topological polar surface area (TPSA) is 79.5 Å². The Morgan fingerprint density at radius 2 is 1.88 bits per heavy atom. The van der Waals surface area contributed by atoms with Crippen molar-refractivity contribution in [1.82, 2.24) is 9.05 Å². The molecule has 0 fully saturated rings. The largest absolute Gasteiger partial charge is 0.519 e. The van der Waals surface area contributed by atoms with Crippen molar-refractivity contribution in [3.05, 3.63) is 22.0 Å². The second-order valence-electron chi connectivity index (χ2n) is 4.12. The van der Waals surface area contributed by atoms with Gasteiger partial charge in [0.1, 0.15) is 0 Å². The zero-order valence-electron chi connectivity index (χ0n) is 10.1. The van der Waals surface area contributed by atoms with E-state index < -0.39 is 21.8 Å². The number of aromatic nitrogens is 1. The summed E-state index contributed by atoms with van der Waals surface area (Å²) >= 11 is 0. The molecule has 1 heterocycles. The molecule has 96 valence electrons. The van der Waals surface area contributed by atoms with Crippen LogP contribution < -0.4 is 9.91 Å². The number of pyridine rings is 1. The van der Waals surface area contributed by atoms with Crippen molar-refractivity contribution in [2.75, 3.05) is 14.1 Å². The predicted octanol–water partition coefficient (Wildman–Crippen LogP) is 1.07. The summed E-state index contributed by atoms with van der Waals surface area (Å²) in [6, 6.07) is 1.26. The Labute approximate surface area is 105 Å². The molecule has 7 heteroatoms. The van der Waals surface area contributed by atoms with Gasteiger partial charge in [0.05, 0.1) is 14.1 Å². The van der Waals surface area contributed by atoms with E-state index in [2.05, 4.69) is 0 Å². The molecule has 0 aromatic carbocycles. The molecule has 0 aliphatic heterocycles. The molecule has 6 nitrogen and oxygen atoms in total. The molecule has 0 unspecified atom stereocenters. The Kier molecular flexibility index (Phi) is 4.34. The number of rotatable bonds is 1. The van der Waals surface area contributed by atoms with Gasteiger partial charge in [0.25, 0.3) is 5.82 Å². The van der Waals surface area contributed by atoms with Gasteiger partial charge in [0.15, 0.2) is 0 Å². The monoisotopic (exact) mass is 263 g/mol. The third kappa shape index (κ3) is 2.42. The lowest BCUT2D eigenvalue weighted by Crippen LogP contribution is -2.48. The van der Waals surface area contributed by atoms with E-state index in [9.17, 15) is 14.7 Å². The van der Waals surface area contributed by atoms with E-state index in [-0.39, 0.29) is 18.2 Å². The number of aryl methyl sites for hydroxylation is 1. The quantitative estimate of drug-likeness (QED) is 0.743. The first-order valence-electron chi connectivity index (χ1n) is 4.67. The van der Waals surface area contributed by atoms with E-state index in [1.165, 1.54) is 24.7 Å². The molecule has 0 bridgehead atoms. The molecule has 1 amide bonds. The first-order valence-corrected chi connectivity index (χ1v) is 4.67. The van der Waals surface area contributed by atoms with E-state index in [1.54, 1.807) is 14.0 Å². The number of aromatic hydroxyl groups is 1. The van der Waals surface area contributed by atoms with Crippen LogP contribution in [0.1, 0.15) is 5.69 Å². The van der Waals surface area contributed by atoms with Gasteiger partial charge in [-0.2, -0.15) is 9.28 Å². The number of hydrogen-bond donors (Lipinski definition) is 2. The number of carbonyl (C=O) groups is 1. The smallest absolute Gasteiger partial charge is 0.499 e. The van der Waals surface area contributed by atoms with Gasteiger partial charge in [-0.1, -0.05) is 0 Å². The van der Waals surface area contributed by atoms with Gasteiger partial charge >= 0.3 is 6.09 Å². The van der Waals surface area contributed by atoms with Gasteiger partial charge < -0.3 is 14.8 Å². The first kappa shape index (κ1) is 15.5. The van der Waals surface area contributed by atoms with Crippen molar-refractivity contribution in [2.24, 2.45) is 7.05 Å². The maximum absolute atomic E-state index is 11.4. The zero-order valence-corrected chi connectivity index (χ0v) is 10.9. The number of halogens is 1. The van der Waals surface area contributed by atoms with Crippen molar-refractivity contribution in [2.45, 2.75) is 6.92 Å². The molecule has 0 aliphatic carbocycles. The molecule has 2 N–H and O–H groups in total. The predicted molar refractivity (Wildman–Crippen MR) is 67.0 cm³/mol. The Morgan fingerprint density at radius 3 is 2.29 bits per heavy atom. The van der Waals surface area contributed by atoms with Crippen molar-refractivity contribution in [3.63, 3.8) is 0 Å². The maximum Gasteiger partial charge on any atom is 0.519 e. The highest BCUT2D eigenvalue weighted by molar-refractivity contribution is 5.85. The molecular formula is C10H16ClN2O4+. The highest BCUT2D eigenvalue weighted by Crippen LogP contribution is 2.27. The van der Waals surface area contributed by atoms with Crippen LogP contribution in [0.25, 0.3) is 0 Å². The highest BCUT2D eigenvalue weighted by Gasteiger charge is 2.36. The average Bonchev–Trinajstić information content (AvgIpc) is 2.14. The summed E-state index contributed by atoms with van der Waals surface area (Å²) < 4.78 is 0.879. The molecule has 1 aromatic heterocycles. The third-order valence-electron chi connectivity index (χ3n) is 2.64. The number of nitrogens with zero attached hydrogens (tertiary/aromatic N) is 2. The first-order chi connectivity index (χ1) is 7.19. The number of quaternary nitrogens is 1. The van der Waals surface area contributed by atoms with Gasteiger partial charge in [-0.25, -0.2) is 0 Å². The van der Waals surface area contributed by atoms with E-state index in [0.29, 0.717) is 5.69 Å². The van der Waals surface area contributed by atoms with Crippen LogP contribution in [0.4, 0.5) is 10.6 Å². The van der Waals surface area contributed by atoms with Crippen LogP contribution in [0, 0.1) is 6.92 Å². The Hall–Kier alpha value is -1.53. The second-order valence-corrected chi connectivity index (χ2v) is 4.12. The maximum atomic E-state index is 11.4. The summed E-state index contributed by atoms with van der Waals surface area (Å²) in [5.74, 6) is -0.474. The van der Waals surface area contributed by atoms with Crippen LogP contribution >= 0.6 is 12.4 Å². The Morgan fingerprint density at radius 1 is 1.41 bits per heavy atom. The second kappa shape index (κ2) is 4.77. The fourth-order valence-electron chi connectivity index (χ4n) is 1.52. The lowest BCUT2D eigenvalue weighted by atomic mass is 10.3. The van der Waals surface area contributed by atoms with Gasteiger partial charge in [-0.15, -0.1) is 12.4 Å². The van der Waals surface area contributed by atoms with Crippen LogP contribution in [0.15, 0.2) is 10.9 Å². The van der Waals surface area contributed by atoms with Crippen LogP contribution in [-0.2, 0) is 7.05 Å². The molecule has 0 saturated carbocycles. The van der Waals surface area contributed by atoms with Crippen LogP contribution in [-0.4, -0.2) is 35.0 Å². The molecule has 17 heavy (non-hydrogen) atoms. The summed E-state index contributed by atoms with van der Waals surface area (Å²) in [5.41, 5.74) is 0.0169. The minimum atomic E-state index is -1.16. The fraction of sp³-hybridized carbons (Fsp3) is 0.400. The van der Waals surface area contributed by atoms with E-state index in [1.807, 2.05) is 0 Å². The fourth-order valence-corrected chi connectivity index (χ4v) is 1.52. The van der Waals surface area contributed by atoms with Gasteiger partial charge in [-0.05, 0) is 6.92 Å². The van der Waals surface area contributed by atoms with Crippen molar-refractivity contribution in [3.8, 4) is 5.75 Å². The Bertz CT molecular complexity index is 508.